The van der Waals surface area contributed by atoms with E-state index in [2.05, 4.69) is 0 Å². The number of hydrogen-bond acceptors (Lipinski definition) is 4. The van der Waals surface area contributed by atoms with Gasteiger partial charge >= 0.3 is 0 Å². The lowest BCUT2D eigenvalue weighted by Gasteiger charge is -2.16. The van der Waals surface area contributed by atoms with Gasteiger partial charge in [0.1, 0.15) is 24.2 Å². The van der Waals surface area contributed by atoms with Crippen LogP contribution in [0.4, 0.5) is 0 Å². The maximum atomic E-state index is 10.2. The standard InChI is InChI=1S/C17H20O4/c1-12(18)15-8-3-4-9-17(15)21-11-16(19)13-6-5-7-14(10-13)20-2/h3-10,12,16,18-19H,11H2,1-2H3/t12-,16?/m1/s1. The van der Waals surface area contributed by atoms with Gasteiger partial charge in [-0.1, -0.05) is 30.3 Å². The van der Waals surface area contributed by atoms with Gasteiger partial charge in [0.15, 0.2) is 0 Å². The quantitative estimate of drug-likeness (QED) is 0.858. The largest absolute Gasteiger partial charge is 0.497 e. The highest BCUT2D eigenvalue weighted by molar-refractivity contribution is 5.35. The highest BCUT2D eigenvalue weighted by Gasteiger charge is 2.12. The Morgan fingerprint density at radius 1 is 1.05 bits per heavy atom. The lowest BCUT2D eigenvalue weighted by atomic mass is 10.1. The topological polar surface area (TPSA) is 58.9 Å². The van der Waals surface area contributed by atoms with Crippen LogP contribution in [0.25, 0.3) is 0 Å². The SMILES string of the molecule is COc1cccc(C(O)COc2ccccc2[C@@H](C)O)c1. The minimum Gasteiger partial charge on any atom is -0.497 e. The number of hydrogen-bond donors (Lipinski definition) is 2. The number of methoxy groups -OCH3 is 1. The summed E-state index contributed by atoms with van der Waals surface area (Å²) >= 11 is 0. The minimum absolute atomic E-state index is 0.108. The van der Waals surface area contributed by atoms with Crippen LogP contribution in [0.1, 0.15) is 30.3 Å². The number of benzene rings is 2. The molecule has 0 amide bonds. The van der Waals surface area contributed by atoms with Gasteiger partial charge in [0.05, 0.1) is 13.2 Å². The molecule has 2 N–H and O–H groups in total. The van der Waals surface area contributed by atoms with E-state index >= 15 is 0 Å². The van der Waals surface area contributed by atoms with Crippen LogP contribution >= 0.6 is 0 Å². The van der Waals surface area contributed by atoms with Crippen molar-refractivity contribution in [3.63, 3.8) is 0 Å². The van der Waals surface area contributed by atoms with Crippen LogP contribution in [0.3, 0.4) is 0 Å². The summed E-state index contributed by atoms with van der Waals surface area (Å²) in [5, 5.41) is 19.9. The molecule has 0 aromatic heterocycles. The molecule has 0 radical (unpaired) electrons. The maximum Gasteiger partial charge on any atom is 0.125 e. The molecule has 0 aliphatic carbocycles. The zero-order valence-electron chi connectivity index (χ0n) is 12.2. The Labute approximate surface area is 124 Å². The maximum absolute atomic E-state index is 10.2. The Morgan fingerprint density at radius 2 is 1.81 bits per heavy atom. The fraction of sp³-hybridized carbons (Fsp3) is 0.294. The predicted molar refractivity (Wildman–Crippen MR) is 80.5 cm³/mol. The van der Waals surface area contributed by atoms with Gasteiger partial charge in [-0.25, -0.2) is 0 Å². The highest BCUT2D eigenvalue weighted by atomic mass is 16.5. The molecule has 0 aliphatic rings. The average Bonchev–Trinajstić information content (AvgIpc) is 2.52. The van der Waals surface area contributed by atoms with Crippen molar-refractivity contribution in [3.05, 3.63) is 59.7 Å². The molecule has 4 heteroatoms. The van der Waals surface area contributed by atoms with Crippen molar-refractivity contribution in [1.82, 2.24) is 0 Å². The van der Waals surface area contributed by atoms with Gasteiger partial charge in [0.2, 0.25) is 0 Å². The van der Waals surface area contributed by atoms with Crippen LogP contribution in [0, 0.1) is 0 Å². The van der Waals surface area contributed by atoms with Crippen molar-refractivity contribution in [2.75, 3.05) is 13.7 Å². The summed E-state index contributed by atoms with van der Waals surface area (Å²) < 4.78 is 10.8. The molecule has 0 fully saturated rings. The van der Waals surface area contributed by atoms with Crippen molar-refractivity contribution in [2.45, 2.75) is 19.1 Å². The third-order valence-electron chi connectivity index (χ3n) is 3.24. The summed E-state index contributed by atoms with van der Waals surface area (Å²) in [6.45, 7) is 1.79. The smallest absolute Gasteiger partial charge is 0.125 e. The molecule has 0 spiro atoms. The summed E-state index contributed by atoms with van der Waals surface area (Å²) in [7, 11) is 1.58. The molecule has 1 unspecified atom stereocenters. The molecule has 2 aromatic rings. The number of aliphatic hydroxyl groups is 2. The van der Waals surface area contributed by atoms with Gasteiger partial charge < -0.3 is 19.7 Å². The molecule has 0 saturated carbocycles. The number of aliphatic hydroxyl groups excluding tert-OH is 2. The molecule has 112 valence electrons. The summed E-state index contributed by atoms with van der Waals surface area (Å²) in [5.41, 5.74) is 1.43. The fourth-order valence-corrected chi connectivity index (χ4v) is 2.07. The van der Waals surface area contributed by atoms with Crippen LogP contribution in [0.2, 0.25) is 0 Å². The van der Waals surface area contributed by atoms with E-state index in [9.17, 15) is 10.2 Å². The third-order valence-corrected chi connectivity index (χ3v) is 3.24. The van der Waals surface area contributed by atoms with E-state index in [1.807, 2.05) is 30.3 Å². The lowest BCUT2D eigenvalue weighted by Crippen LogP contribution is -2.11. The molecule has 0 aliphatic heterocycles. The van der Waals surface area contributed by atoms with Gasteiger partial charge in [0, 0.05) is 5.56 Å². The molecule has 0 heterocycles. The Morgan fingerprint density at radius 3 is 2.52 bits per heavy atom. The Bertz CT molecular complexity index is 581. The van der Waals surface area contributed by atoms with E-state index in [0.29, 0.717) is 17.1 Å². The Balaban J connectivity index is 2.05. The first-order valence-corrected chi connectivity index (χ1v) is 6.83. The normalized spacial score (nSPS) is 13.5. The first-order chi connectivity index (χ1) is 10.1. The first-order valence-electron chi connectivity index (χ1n) is 6.83. The van der Waals surface area contributed by atoms with E-state index < -0.39 is 12.2 Å². The van der Waals surface area contributed by atoms with Crippen molar-refractivity contribution >= 4 is 0 Å². The minimum atomic E-state index is -0.762. The summed E-state index contributed by atoms with van der Waals surface area (Å²) in [6, 6.07) is 14.5. The van der Waals surface area contributed by atoms with Crippen LogP contribution in [-0.4, -0.2) is 23.9 Å². The highest BCUT2D eigenvalue weighted by Crippen LogP contribution is 2.26. The molecular formula is C17H20O4. The zero-order chi connectivity index (χ0) is 15.2. The van der Waals surface area contributed by atoms with Gasteiger partial charge in [-0.05, 0) is 30.7 Å². The molecule has 0 bridgehead atoms. The number of para-hydroxylation sites is 1. The van der Waals surface area contributed by atoms with Crippen LogP contribution in [0.5, 0.6) is 11.5 Å². The molecule has 4 nitrogen and oxygen atoms in total. The molecule has 2 aromatic carbocycles. The van der Waals surface area contributed by atoms with E-state index in [0.717, 1.165) is 5.56 Å². The second kappa shape index (κ2) is 7.11. The summed E-state index contributed by atoms with van der Waals surface area (Å²) in [5.74, 6) is 1.27. The number of ether oxygens (including phenoxy) is 2. The fourth-order valence-electron chi connectivity index (χ4n) is 2.07. The molecule has 2 rings (SSSR count). The van der Waals surface area contributed by atoms with Crippen LogP contribution in [-0.2, 0) is 0 Å². The van der Waals surface area contributed by atoms with E-state index in [-0.39, 0.29) is 6.61 Å². The van der Waals surface area contributed by atoms with Gasteiger partial charge in [-0.3, -0.25) is 0 Å². The average molecular weight is 288 g/mol. The summed E-state index contributed by atoms with van der Waals surface area (Å²) in [6.07, 6.45) is -1.38. The van der Waals surface area contributed by atoms with Crippen molar-refractivity contribution in [2.24, 2.45) is 0 Å². The van der Waals surface area contributed by atoms with Crippen molar-refractivity contribution in [1.29, 1.82) is 0 Å². The second-order valence-corrected chi connectivity index (χ2v) is 4.82. The van der Waals surface area contributed by atoms with Crippen LogP contribution < -0.4 is 9.47 Å². The van der Waals surface area contributed by atoms with Gasteiger partial charge in [-0.2, -0.15) is 0 Å². The molecule has 2 atom stereocenters. The summed E-state index contributed by atoms with van der Waals surface area (Å²) in [4.78, 5) is 0. The number of rotatable bonds is 6. The third kappa shape index (κ3) is 3.97. The van der Waals surface area contributed by atoms with Crippen LogP contribution in [0.15, 0.2) is 48.5 Å². The molecular weight excluding hydrogens is 268 g/mol. The van der Waals surface area contributed by atoms with E-state index in [4.69, 9.17) is 9.47 Å². The monoisotopic (exact) mass is 288 g/mol. The lowest BCUT2D eigenvalue weighted by molar-refractivity contribution is 0.104. The zero-order valence-corrected chi connectivity index (χ0v) is 12.2. The second-order valence-electron chi connectivity index (χ2n) is 4.82. The van der Waals surface area contributed by atoms with Crippen molar-refractivity contribution < 1.29 is 19.7 Å². The van der Waals surface area contributed by atoms with E-state index in [1.54, 1.807) is 32.2 Å². The van der Waals surface area contributed by atoms with E-state index in [1.165, 1.54) is 0 Å². The van der Waals surface area contributed by atoms with Gasteiger partial charge in [-0.15, -0.1) is 0 Å². The van der Waals surface area contributed by atoms with Crippen molar-refractivity contribution in [3.8, 4) is 11.5 Å². The predicted octanol–water partition coefficient (Wildman–Crippen LogP) is 2.86. The van der Waals surface area contributed by atoms with Gasteiger partial charge in [0.25, 0.3) is 0 Å². The Kier molecular flexibility index (Phi) is 5.20. The first kappa shape index (κ1) is 15.4. The Hall–Kier alpha value is -2.04. The molecule has 0 saturated heterocycles. The molecule has 21 heavy (non-hydrogen) atoms.